The fourth-order valence-corrected chi connectivity index (χ4v) is 6.23. The Balaban J connectivity index is 1.46. The molecule has 0 unspecified atom stereocenters. The van der Waals surface area contributed by atoms with Gasteiger partial charge in [-0.2, -0.15) is 0 Å². The zero-order chi connectivity index (χ0) is 20.1. The fraction of sp³-hybridized carbons (Fsp3) is 0.542. The normalized spacial score (nSPS) is 32.3. The summed E-state index contributed by atoms with van der Waals surface area (Å²) in [6.07, 6.45) is 6.31. The van der Waals surface area contributed by atoms with Crippen LogP contribution in [0.25, 0.3) is 0 Å². The molecule has 2 aromatic rings. The van der Waals surface area contributed by atoms with Crippen LogP contribution < -0.4 is 0 Å². The number of aliphatic hydroxyl groups is 1. The van der Waals surface area contributed by atoms with Crippen molar-refractivity contribution in [2.75, 3.05) is 33.2 Å². The summed E-state index contributed by atoms with van der Waals surface area (Å²) in [7, 11) is 2.15. The predicted molar refractivity (Wildman–Crippen MR) is 113 cm³/mol. The topological polar surface area (TPSA) is 59.8 Å². The zero-order valence-corrected chi connectivity index (χ0v) is 17.2. The van der Waals surface area contributed by atoms with Crippen molar-refractivity contribution in [1.29, 1.82) is 0 Å². The van der Waals surface area contributed by atoms with E-state index < -0.39 is 5.60 Å². The van der Waals surface area contributed by atoms with Crippen LogP contribution in [0.1, 0.15) is 36.1 Å². The van der Waals surface area contributed by atoms with Gasteiger partial charge in [0.05, 0.1) is 5.60 Å². The van der Waals surface area contributed by atoms with E-state index in [-0.39, 0.29) is 11.5 Å². The number of aromatic hydroxyl groups is 1. The number of nitrogens with zero attached hydrogens (tertiary/aromatic N) is 3. The number of benzene rings is 1. The SMILES string of the molecule is CN1CC[C@]23CCN(CCc4ccccn4)CC[C@@]2(O)[C@H]1Cc1ccc(O)cc13. The number of aromatic nitrogens is 1. The van der Waals surface area contributed by atoms with Crippen LogP contribution in [0.2, 0.25) is 0 Å². The first-order valence-electron chi connectivity index (χ1n) is 10.9. The Morgan fingerprint density at radius 2 is 1.93 bits per heavy atom. The molecule has 5 nitrogen and oxygen atoms in total. The van der Waals surface area contributed by atoms with Crippen molar-refractivity contribution in [2.45, 2.75) is 49.2 Å². The molecule has 154 valence electrons. The van der Waals surface area contributed by atoms with Crippen LogP contribution in [0.15, 0.2) is 42.6 Å². The van der Waals surface area contributed by atoms with Gasteiger partial charge in [-0.3, -0.25) is 4.98 Å². The van der Waals surface area contributed by atoms with Crippen molar-refractivity contribution in [2.24, 2.45) is 0 Å². The highest BCUT2D eigenvalue weighted by Crippen LogP contribution is 2.56. The van der Waals surface area contributed by atoms with Gasteiger partial charge in [0.25, 0.3) is 0 Å². The van der Waals surface area contributed by atoms with E-state index in [1.807, 2.05) is 24.4 Å². The molecule has 3 heterocycles. The van der Waals surface area contributed by atoms with Gasteiger partial charge < -0.3 is 20.0 Å². The second-order valence-electron chi connectivity index (χ2n) is 9.21. The maximum atomic E-state index is 12.2. The largest absolute Gasteiger partial charge is 0.508 e. The molecule has 0 amide bonds. The number of fused-ring (bicyclic) bond motifs is 1. The van der Waals surface area contributed by atoms with Crippen LogP contribution in [0, 0.1) is 0 Å². The number of rotatable bonds is 3. The minimum atomic E-state index is -0.749. The Bertz CT molecular complexity index is 889. The lowest BCUT2D eigenvalue weighted by atomic mass is 9.52. The number of pyridine rings is 1. The smallest absolute Gasteiger partial charge is 0.115 e. The van der Waals surface area contributed by atoms with E-state index in [0.29, 0.717) is 5.75 Å². The monoisotopic (exact) mass is 393 g/mol. The Morgan fingerprint density at radius 3 is 2.76 bits per heavy atom. The van der Waals surface area contributed by atoms with E-state index in [4.69, 9.17) is 0 Å². The number of phenols is 1. The van der Waals surface area contributed by atoms with Gasteiger partial charge in [0, 0.05) is 42.9 Å². The van der Waals surface area contributed by atoms with Crippen molar-refractivity contribution in [3.05, 3.63) is 59.4 Å². The highest BCUT2D eigenvalue weighted by atomic mass is 16.3. The van der Waals surface area contributed by atoms with E-state index >= 15 is 0 Å². The summed E-state index contributed by atoms with van der Waals surface area (Å²) in [5.74, 6) is 0.314. The maximum Gasteiger partial charge on any atom is 0.115 e. The number of likely N-dealkylation sites (tertiary alicyclic amines) is 2. The summed E-state index contributed by atoms with van der Waals surface area (Å²) in [6.45, 7) is 3.84. The first-order valence-corrected chi connectivity index (χ1v) is 10.9. The third-order valence-corrected chi connectivity index (χ3v) is 7.90. The molecule has 2 aliphatic heterocycles. The molecule has 3 aliphatic rings. The third-order valence-electron chi connectivity index (χ3n) is 7.90. The molecule has 3 atom stereocenters. The van der Waals surface area contributed by atoms with E-state index in [1.54, 1.807) is 6.07 Å². The lowest BCUT2D eigenvalue weighted by Crippen LogP contribution is -2.70. The molecule has 29 heavy (non-hydrogen) atoms. The van der Waals surface area contributed by atoms with Crippen molar-refractivity contribution >= 4 is 0 Å². The van der Waals surface area contributed by atoms with Gasteiger partial charge in [-0.1, -0.05) is 12.1 Å². The van der Waals surface area contributed by atoms with Gasteiger partial charge in [-0.15, -0.1) is 0 Å². The maximum absolute atomic E-state index is 12.2. The van der Waals surface area contributed by atoms with Gasteiger partial charge in [0.1, 0.15) is 5.75 Å². The third kappa shape index (κ3) is 2.98. The molecule has 0 spiro atoms. The van der Waals surface area contributed by atoms with E-state index in [1.165, 1.54) is 11.1 Å². The van der Waals surface area contributed by atoms with E-state index in [2.05, 4.69) is 34.0 Å². The minimum Gasteiger partial charge on any atom is -0.508 e. The first-order chi connectivity index (χ1) is 14.0. The van der Waals surface area contributed by atoms with Crippen molar-refractivity contribution in [3.8, 4) is 5.75 Å². The molecule has 1 aliphatic carbocycles. The lowest BCUT2D eigenvalue weighted by Gasteiger charge is -2.61. The second kappa shape index (κ2) is 7.08. The van der Waals surface area contributed by atoms with Gasteiger partial charge in [0.15, 0.2) is 0 Å². The lowest BCUT2D eigenvalue weighted by molar-refractivity contribution is -0.142. The number of hydrogen-bond donors (Lipinski definition) is 2. The fourth-order valence-electron chi connectivity index (χ4n) is 6.23. The number of likely N-dealkylation sites (N-methyl/N-ethyl adjacent to an activating group) is 1. The van der Waals surface area contributed by atoms with Crippen LogP contribution in [-0.2, 0) is 18.3 Å². The molecule has 1 aromatic heterocycles. The average Bonchev–Trinajstić information content (AvgIpc) is 2.88. The van der Waals surface area contributed by atoms with Crippen LogP contribution in [0.5, 0.6) is 5.75 Å². The van der Waals surface area contributed by atoms with Crippen molar-refractivity contribution in [1.82, 2.24) is 14.8 Å². The minimum absolute atomic E-state index is 0.143. The molecule has 2 saturated heterocycles. The molecule has 5 rings (SSSR count). The average molecular weight is 394 g/mol. The molecule has 1 aromatic carbocycles. The van der Waals surface area contributed by atoms with Crippen LogP contribution in [-0.4, -0.2) is 69.9 Å². The Hall–Kier alpha value is -1.95. The number of hydrogen-bond acceptors (Lipinski definition) is 5. The molecule has 2 fully saturated rings. The van der Waals surface area contributed by atoms with Gasteiger partial charge >= 0.3 is 0 Å². The molecule has 2 bridgehead atoms. The summed E-state index contributed by atoms with van der Waals surface area (Å²) in [5, 5.41) is 22.4. The van der Waals surface area contributed by atoms with E-state index in [9.17, 15) is 10.2 Å². The van der Waals surface area contributed by atoms with E-state index in [0.717, 1.165) is 64.0 Å². The molecular formula is C24H31N3O2. The molecule has 0 radical (unpaired) electrons. The zero-order valence-electron chi connectivity index (χ0n) is 17.2. The van der Waals surface area contributed by atoms with Gasteiger partial charge in [-0.25, -0.2) is 0 Å². The summed E-state index contributed by atoms with van der Waals surface area (Å²) < 4.78 is 0. The van der Waals surface area contributed by atoms with Gasteiger partial charge in [0.2, 0.25) is 0 Å². The molecule has 0 saturated carbocycles. The standard InChI is InChI=1S/C24H31N3O2/c1-26-13-8-23-9-14-27(12-7-19-4-2-3-11-25-19)15-10-24(23,29)22(26)16-18-5-6-20(28)17-21(18)23/h2-6,11,17,22,28-29H,7-10,12-16H2,1H3/t22-,23-,24-/m1/s1. The van der Waals surface area contributed by atoms with Crippen LogP contribution >= 0.6 is 0 Å². The van der Waals surface area contributed by atoms with Crippen LogP contribution in [0.4, 0.5) is 0 Å². The first kappa shape index (κ1) is 19.0. The summed E-state index contributed by atoms with van der Waals surface area (Å²) in [6, 6.07) is 12.0. The highest BCUT2D eigenvalue weighted by molar-refractivity contribution is 5.47. The number of phenolic OH excluding ortho intramolecular Hbond substituents is 1. The summed E-state index contributed by atoms with van der Waals surface area (Å²) >= 11 is 0. The Kier molecular flexibility index (Phi) is 4.65. The predicted octanol–water partition coefficient (Wildman–Crippen LogP) is 2.35. The highest BCUT2D eigenvalue weighted by Gasteiger charge is 2.62. The quantitative estimate of drug-likeness (QED) is 0.838. The van der Waals surface area contributed by atoms with Crippen LogP contribution in [0.3, 0.4) is 0 Å². The second-order valence-corrected chi connectivity index (χ2v) is 9.21. The number of piperidine rings is 1. The molecular weight excluding hydrogens is 362 g/mol. The molecule has 2 N–H and O–H groups in total. The Labute approximate surface area is 173 Å². The van der Waals surface area contributed by atoms with Crippen molar-refractivity contribution < 1.29 is 10.2 Å². The van der Waals surface area contributed by atoms with Crippen molar-refractivity contribution in [3.63, 3.8) is 0 Å². The van der Waals surface area contributed by atoms with Gasteiger partial charge in [-0.05, 0) is 81.2 Å². The summed E-state index contributed by atoms with van der Waals surface area (Å²) in [4.78, 5) is 9.32. The Morgan fingerprint density at radius 1 is 1.10 bits per heavy atom. The molecule has 5 heteroatoms. The summed E-state index contributed by atoms with van der Waals surface area (Å²) in [5.41, 5.74) is 2.60.